The van der Waals surface area contributed by atoms with E-state index >= 15 is 0 Å². The molecule has 2 rings (SSSR count). The van der Waals surface area contributed by atoms with Crippen LogP contribution in [0.15, 0.2) is 0 Å². The second-order valence-corrected chi connectivity index (χ2v) is 4.93. The zero-order valence-corrected chi connectivity index (χ0v) is 9.11. The van der Waals surface area contributed by atoms with Crippen molar-refractivity contribution in [2.45, 2.75) is 38.1 Å². The molecule has 0 aromatic rings. The zero-order valence-electron chi connectivity index (χ0n) is 9.11. The third-order valence-electron chi connectivity index (χ3n) is 4.13. The molecule has 2 aliphatic heterocycles. The Morgan fingerprint density at radius 1 is 1.47 bits per heavy atom. The summed E-state index contributed by atoms with van der Waals surface area (Å²) in [5.74, 6) is -0.701. The number of carboxylic acid groups (broad SMARTS) is 1. The second-order valence-electron chi connectivity index (χ2n) is 4.93. The topological polar surface area (TPSA) is 66.6 Å². The Kier molecular flexibility index (Phi) is 2.98. The van der Waals surface area contributed by atoms with Gasteiger partial charge in [-0.05, 0) is 32.4 Å². The number of piperidine rings is 1. The highest BCUT2D eigenvalue weighted by molar-refractivity contribution is 5.68. The van der Waals surface area contributed by atoms with E-state index in [2.05, 4.69) is 4.90 Å². The van der Waals surface area contributed by atoms with Crippen molar-refractivity contribution in [3.05, 3.63) is 0 Å². The lowest BCUT2D eigenvalue weighted by atomic mass is 9.74. The number of rotatable bonds is 3. The van der Waals surface area contributed by atoms with Crippen LogP contribution in [0.4, 0.5) is 0 Å². The van der Waals surface area contributed by atoms with Crippen molar-refractivity contribution >= 4 is 5.97 Å². The van der Waals surface area contributed by atoms with Gasteiger partial charge in [0.25, 0.3) is 0 Å². The average molecular weight is 212 g/mol. The quantitative estimate of drug-likeness (QED) is 0.721. The van der Waals surface area contributed by atoms with Crippen LogP contribution < -0.4 is 5.73 Å². The molecule has 4 heteroatoms. The van der Waals surface area contributed by atoms with Gasteiger partial charge in [0.15, 0.2) is 0 Å². The maximum absolute atomic E-state index is 10.9. The second kappa shape index (κ2) is 4.10. The summed E-state index contributed by atoms with van der Waals surface area (Å²) in [7, 11) is 0. The Balaban J connectivity index is 2.14. The fourth-order valence-corrected chi connectivity index (χ4v) is 3.30. The standard InChI is InChI=1S/C11H20N2O2/c12-8-11(7-10(14)15)4-6-13-5-2-1-3-9(11)13/h9H,1-8,12H2,(H,14,15). The van der Waals surface area contributed by atoms with Crippen LogP contribution in [0.1, 0.15) is 32.1 Å². The average Bonchev–Trinajstić information content (AvgIpc) is 2.58. The highest BCUT2D eigenvalue weighted by Crippen LogP contribution is 2.43. The molecule has 2 atom stereocenters. The van der Waals surface area contributed by atoms with Gasteiger partial charge in [-0.3, -0.25) is 9.69 Å². The van der Waals surface area contributed by atoms with E-state index in [1.807, 2.05) is 0 Å². The molecule has 2 aliphatic rings. The normalized spacial score (nSPS) is 36.5. The Morgan fingerprint density at radius 2 is 2.27 bits per heavy atom. The van der Waals surface area contributed by atoms with E-state index in [-0.39, 0.29) is 11.8 Å². The summed E-state index contributed by atoms with van der Waals surface area (Å²) in [5.41, 5.74) is 5.69. The fourth-order valence-electron chi connectivity index (χ4n) is 3.30. The molecule has 86 valence electrons. The lowest BCUT2D eigenvalue weighted by molar-refractivity contribution is -0.140. The third-order valence-corrected chi connectivity index (χ3v) is 4.13. The van der Waals surface area contributed by atoms with Crippen LogP contribution in [0, 0.1) is 5.41 Å². The van der Waals surface area contributed by atoms with Gasteiger partial charge in [0, 0.05) is 18.0 Å². The number of carboxylic acids is 1. The van der Waals surface area contributed by atoms with E-state index in [0.29, 0.717) is 12.6 Å². The minimum absolute atomic E-state index is 0.147. The molecule has 0 radical (unpaired) electrons. The monoisotopic (exact) mass is 212 g/mol. The van der Waals surface area contributed by atoms with E-state index in [4.69, 9.17) is 10.8 Å². The Labute approximate surface area is 90.4 Å². The van der Waals surface area contributed by atoms with E-state index in [1.165, 1.54) is 12.8 Å². The van der Waals surface area contributed by atoms with Gasteiger partial charge in [-0.25, -0.2) is 0 Å². The molecule has 0 spiro atoms. The van der Waals surface area contributed by atoms with E-state index < -0.39 is 5.97 Å². The molecule has 2 heterocycles. The number of aliphatic carboxylic acids is 1. The van der Waals surface area contributed by atoms with E-state index in [0.717, 1.165) is 25.9 Å². The summed E-state index contributed by atoms with van der Waals surface area (Å²) >= 11 is 0. The van der Waals surface area contributed by atoms with Gasteiger partial charge in [0.05, 0.1) is 6.42 Å². The zero-order chi connectivity index (χ0) is 10.9. The molecule has 0 aliphatic carbocycles. The Morgan fingerprint density at radius 3 is 2.93 bits per heavy atom. The van der Waals surface area contributed by atoms with Gasteiger partial charge in [-0.1, -0.05) is 6.42 Å². The smallest absolute Gasteiger partial charge is 0.304 e. The molecule has 0 saturated carbocycles. The number of hydrogen-bond acceptors (Lipinski definition) is 3. The van der Waals surface area contributed by atoms with Gasteiger partial charge in [0.2, 0.25) is 0 Å². The first-order valence-electron chi connectivity index (χ1n) is 5.84. The van der Waals surface area contributed by atoms with Gasteiger partial charge in [-0.2, -0.15) is 0 Å². The number of carbonyl (C=O) groups is 1. The molecule has 2 fully saturated rings. The van der Waals surface area contributed by atoms with Crippen molar-refractivity contribution in [2.75, 3.05) is 19.6 Å². The van der Waals surface area contributed by atoms with Crippen LogP contribution >= 0.6 is 0 Å². The molecule has 3 N–H and O–H groups in total. The van der Waals surface area contributed by atoms with Gasteiger partial charge >= 0.3 is 5.97 Å². The molecular formula is C11H20N2O2. The summed E-state index contributed by atoms with van der Waals surface area (Å²) < 4.78 is 0. The Bertz CT molecular complexity index is 257. The van der Waals surface area contributed by atoms with Crippen LogP contribution in [-0.2, 0) is 4.79 Å². The van der Waals surface area contributed by atoms with E-state index in [1.54, 1.807) is 0 Å². The van der Waals surface area contributed by atoms with Crippen molar-refractivity contribution in [3.63, 3.8) is 0 Å². The van der Waals surface area contributed by atoms with Crippen LogP contribution in [0.3, 0.4) is 0 Å². The highest BCUT2D eigenvalue weighted by Gasteiger charge is 2.47. The molecule has 0 aromatic carbocycles. The van der Waals surface area contributed by atoms with Crippen LogP contribution in [-0.4, -0.2) is 41.7 Å². The van der Waals surface area contributed by atoms with Crippen LogP contribution in [0.25, 0.3) is 0 Å². The Hall–Kier alpha value is -0.610. The maximum Gasteiger partial charge on any atom is 0.304 e. The van der Waals surface area contributed by atoms with Crippen molar-refractivity contribution in [3.8, 4) is 0 Å². The lowest BCUT2D eigenvalue weighted by Gasteiger charge is -2.39. The molecule has 2 unspecified atom stereocenters. The first-order chi connectivity index (χ1) is 7.18. The summed E-state index contributed by atoms with van der Waals surface area (Å²) in [5, 5.41) is 8.99. The molecular weight excluding hydrogens is 192 g/mol. The molecule has 0 bridgehead atoms. The van der Waals surface area contributed by atoms with Gasteiger partial charge in [0.1, 0.15) is 0 Å². The van der Waals surface area contributed by atoms with Crippen molar-refractivity contribution < 1.29 is 9.90 Å². The van der Waals surface area contributed by atoms with Gasteiger partial charge in [-0.15, -0.1) is 0 Å². The van der Waals surface area contributed by atoms with Crippen molar-refractivity contribution in [1.29, 1.82) is 0 Å². The summed E-state index contributed by atoms with van der Waals surface area (Å²) in [6.45, 7) is 2.68. The lowest BCUT2D eigenvalue weighted by Crippen LogP contribution is -2.47. The predicted octanol–water partition coefficient (Wildman–Crippen LogP) is 0.664. The van der Waals surface area contributed by atoms with Gasteiger partial charge < -0.3 is 10.8 Å². The summed E-state index contributed by atoms with van der Waals surface area (Å²) in [4.78, 5) is 13.4. The number of hydrogen-bond donors (Lipinski definition) is 2. The summed E-state index contributed by atoms with van der Waals surface area (Å²) in [6, 6.07) is 0.423. The first-order valence-corrected chi connectivity index (χ1v) is 5.84. The van der Waals surface area contributed by atoms with Crippen molar-refractivity contribution in [1.82, 2.24) is 4.90 Å². The van der Waals surface area contributed by atoms with Crippen molar-refractivity contribution in [2.24, 2.45) is 11.1 Å². The fraction of sp³-hybridized carbons (Fsp3) is 0.909. The predicted molar refractivity (Wildman–Crippen MR) is 57.6 cm³/mol. The largest absolute Gasteiger partial charge is 0.481 e. The molecule has 2 saturated heterocycles. The molecule has 15 heavy (non-hydrogen) atoms. The first kappa shape index (κ1) is 10.9. The minimum atomic E-state index is -0.701. The molecule has 0 aromatic heterocycles. The highest BCUT2D eigenvalue weighted by atomic mass is 16.4. The molecule has 4 nitrogen and oxygen atoms in total. The molecule has 0 amide bonds. The number of fused-ring (bicyclic) bond motifs is 1. The number of nitrogens with two attached hydrogens (primary N) is 1. The third kappa shape index (κ3) is 1.88. The van der Waals surface area contributed by atoms with Crippen LogP contribution in [0.2, 0.25) is 0 Å². The summed E-state index contributed by atoms with van der Waals surface area (Å²) in [6.07, 6.45) is 4.81. The van der Waals surface area contributed by atoms with Crippen LogP contribution in [0.5, 0.6) is 0 Å². The minimum Gasteiger partial charge on any atom is -0.481 e. The maximum atomic E-state index is 10.9. The SMILES string of the molecule is NCC1(CC(=O)O)CCN2CCCCC21. The number of nitrogens with zero attached hydrogens (tertiary/aromatic N) is 1. The van der Waals surface area contributed by atoms with E-state index in [9.17, 15) is 4.79 Å².